The minimum absolute atomic E-state index is 0.584. The lowest BCUT2D eigenvalue weighted by Crippen LogP contribution is -2.06. The Morgan fingerprint density at radius 1 is 1.38 bits per heavy atom. The predicted octanol–water partition coefficient (Wildman–Crippen LogP) is 3.27. The van der Waals surface area contributed by atoms with Crippen molar-refractivity contribution in [3.63, 3.8) is 0 Å². The molecule has 13 heavy (non-hydrogen) atoms. The van der Waals surface area contributed by atoms with E-state index < -0.39 is 0 Å². The van der Waals surface area contributed by atoms with Crippen molar-refractivity contribution in [3.05, 3.63) is 46.1 Å². The Labute approximate surface area is 88.4 Å². The SMILES string of the molecule is C=C(Cc1ccc(Cl)c(Cl)c1)NC. The van der Waals surface area contributed by atoms with E-state index >= 15 is 0 Å². The molecule has 0 unspecified atom stereocenters. The fourth-order valence-electron chi connectivity index (χ4n) is 0.984. The first-order valence-corrected chi connectivity index (χ1v) is 4.68. The highest BCUT2D eigenvalue weighted by Gasteiger charge is 2.00. The van der Waals surface area contributed by atoms with Crippen LogP contribution >= 0.6 is 23.2 Å². The molecule has 70 valence electrons. The van der Waals surface area contributed by atoms with Crippen LogP contribution in [0.2, 0.25) is 10.0 Å². The molecule has 0 aliphatic heterocycles. The van der Waals surface area contributed by atoms with Gasteiger partial charge in [-0.1, -0.05) is 35.8 Å². The Morgan fingerprint density at radius 2 is 2.08 bits per heavy atom. The van der Waals surface area contributed by atoms with E-state index in [4.69, 9.17) is 23.2 Å². The van der Waals surface area contributed by atoms with Crippen LogP contribution in [0.25, 0.3) is 0 Å². The maximum Gasteiger partial charge on any atom is 0.0595 e. The number of rotatable bonds is 3. The van der Waals surface area contributed by atoms with Gasteiger partial charge in [-0.2, -0.15) is 0 Å². The van der Waals surface area contributed by atoms with Crippen LogP contribution in [0, 0.1) is 0 Å². The molecule has 1 N–H and O–H groups in total. The first kappa shape index (κ1) is 10.4. The third kappa shape index (κ3) is 2.94. The van der Waals surface area contributed by atoms with Gasteiger partial charge in [-0.3, -0.25) is 0 Å². The average Bonchev–Trinajstić information content (AvgIpc) is 2.11. The van der Waals surface area contributed by atoms with Crippen LogP contribution < -0.4 is 5.32 Å². The number of allylic oxidation sites excluding steroid dienone is 1. The highest BCUT2D eigenvalue weighted by molar-refractivity contribution is 6.42. The number of halogens is 2. The molecule has 0 heterocycles. The maximum absolute atomic E-state index is 5.86. The van der Waals surface area contributed by atoms with Gasteiger partial charge in [0.25, 0.3) is 0 Å². The Morgan fingerprint density at radius 3 is 2.62 bits per heavy atom. The fourth-order valence-corrected chi connectivity index (χ4v) is 1.31. The van der Waals surface area contributed by atoms with Crippen LogP contribution in [0.3, 0.4) is 0 Å². The highest BCUT2D eigenvalue weighted by Crippen LogP contribution is 2.23. The van der Waals surface area contributed by atoms with Gasteiger partial charge in [0.05, 0.1) is 10.0 Å². The molecule has 1 aromatic rings. The van der Waals surface area contributed by atoms with Crippen LogP contribution in [-0.4, -0.2) is 7.05 Å². The zero-order valence-corrected chi connectivity index (χ0v) is 8.91. The molecule has 0 fully saturated rings. The highest BCUT2D eigenvalue weighted by atomic mass is 35.5. The normalized spacial score (nSPS) is 9.77. The van der Waals surface area contributed by atoms with Crippen molar-refractivity contribution in [1.29, 1.82) is 0 Å². The molecular weight excluding hydrogens is 205 g/mol. The van der Waals surface area contributed by atoms with E-state index in [1.807, 2.05) is 19.2 Å². The van der Waals surface area contributed by atoms with Crippen molar-refractivity contribution in [2.75, 3.05) is 7.05 Å². The molecule has 1 aromatic carbocycles. The lowest BCUT2D eigenvalue weighted by molar-refractivity contribution is 0.929. The summed E-state index contributed by atoms with van der Waals surface area (Å²) in [6, 6.07) is 5.59. The van der Waals surface area contributed by atoms with Gasteiger partial charge in [0.1, 0.15) is 0 Å². The van der Waals surface area contributed by atoms with Crippen LogP contribution in [0.5, 0.6) is 0 Å². The van der Waals surface area contributed by atoms with Crippen LogP contribution in [-0.2, 0) is 6.42 Å². The summed E-state index contributed by atoms with van der Waals surface area (Å²) in [4.78, 5) is 0. The minimum Gasteiger partial charge on any atom is -0.392 e. The van der Waals surface area contributed by atoms with Gasteiger partial charge in [0.2, 0.25) is 0 Å². The molecule has 3 heteroatoms. The van der Waals surface area contributed by atoms with E-state index in [0.717, 1.165) is 17.7 Å². The van der Waals surface area contributed by atoms with E-state index in [2.05, 4.69) is 11.9 Å². The summed E-state index contributed by atoms with van der Waals surface area (Å²) in [5.41, 5.74) is 2.06. The van der Waals surface area contributed by atoms with Gasteiger partial charge < -0.3 is 5.32 Å². The van der Waals surface area contributed by atoms with E-state index in [1.54, 1.807) is 6.07 Å². The van der Waals surface area contributed by atoms with Gasteiger partial charge in [-0.25, -0.2) is 0 Å². The summed E-state index contributed by atoms with van der Waals surface area (Å²) < 4.78 is 0. The summed E-state index contributed by atoms with van der Waals surface area (Å²) in [5.74, 6) is 0. The number of benzene rings is 1. The molecule has 0 bridgehead atoms. The van der Waals surface area contributed by atoms with Crippen LogP contribution in [0.1, 0.15) is 5.56 Å². The lowest BCUT2D eigenvalue weighted by Gasteiger charge is -2.05. The summed E-state index contributed by atoms with van der Waals surface area (Å²) in [7, 11) is 1.85. The van der Waals surface area contributed by atoms with E-state index in [1.165, 1.54) is 0 Å². The van der Waals surface area contributed by atoms with Gasteiger partial charge in [0.15, 0.2) is 0 Å². The van der Waals surface area contributed by atoms with Crippen molar-refractivity contribution < 1.29 is 0 Å². The molecule has 1 nitrogen and oxygen atoms in total. The Hall–Kier alpha value is -0.660. The topological polar surface area (TPSA) is 12.0 Å². The van der Waals surface area contributed by atoms with Crippen molar-refractivity contribution in [2.24, 2.45) is 0 Å². The summed E-state index contributed by atoms with van der Waals surface area (Å²) in [6.45, 7) is 3.83. The molecule has 0 aliphatic rings. The Bertz CT molecular complexity index is 321. The summed E-state index contributed by atoms with van der Waals surface area (Å²) in [5, 5.41) is 4.15. The van der Waals surface area contributed by atoms with Gasteiger partial charge in [0, 0.05) is 19.2 Å². The van der Waals surface area contributed by atoms with Crippen molar-refractivity contribution in [1.82, 2.24) is 5.32 Å². The third-order valence-corrected chi connectivity index (χ3v) is 2.49. The van der Waals surface area contributed by atoms with Crippen molar-refractivity contribution in [3.8, 4) is 0 Å². The number of hydrogen-bond acceptors (Lipinski definition) is 1. The van der Waals surface area contributed by atoms with Crippen molar-refractivity contribution >= 4 is 23.2 Å². The second-order valence-electron chi connectivity index (χ2n) is 2.78. The average molecular weight is 216 g/mol. The van der Waals surface area contributed by atoms with Crippen LogP contribution in [0.15, 0.2) is 30.5 Å². The smallest absolute Gasteiger partial charge is 0.0595 e. The summed E-state index contributed by atoms with van der Waals surface area (Å²) in [6.07, 6.45) is 0.771. The molecule has 0 aromatic heterocycles. The predicted molar refractivity (Wildman–Crippen MR) is 58.4 cm³/mol. The molecule has 0 saturated carbocycles. The van der Waals surface area contributed by atoms with Crippen LogP contribution in [0.4, 0.5) is 0 Å². The molecular formula is C10H11Cl2N. The zero-order chi connectivity index (χ0) is 9.84. The first-order chi connectivity index (χ1) is 6.13. The zero-order valence-electron chi connectivity index (χ0n) is 7.40. The monoisotopic (exact) mass is 215 g/mol. The standard InChI is InChI=1S/C10H11Cl2N/c1-7(13-2)5-8-3-4-9(11)10(12)6-8/h3-4,6,13H,1,5H2,2H3. The molecule has 0 radical (unpaired) electrons. The van der Waals surface area contributed by atoms with Crippen molar-refractivity contribution in [2.45, 2.75) is 6.42 Å². The van der Waals surface area contributed by atoms with E-state index in [9.17, 15) is 0 Å². The largest absolute Gasteiger partial charge is 0.392 e. The Kier molecular flexibility index (Phi) is 3.64. The van der Waals surface area contributed by atoms with Gasteiger partial charge in [-0.05, 0) is 17.7 Å². The lowest BCUT2D eigenvalue weighted by atomic mass is 10.1. The van der Waals surface area contributed by atoms with E-state index in [0.29, 0.717) is 10.0 Å². The minimum atomic E-state index is 0.584. The fraction of sp³-hybridized carbons (Fsp3) is 0.200. The molecule has 0 atom stereocenters. The van der Waals surface area contributed by atoms with Gasteiger partial charge >= 0.3 is 0 Å². The molecule has 0 spiro atoms. The number of hydrogen-bond donors (Lipinski definition) is 1. The molecule has 0 saturated heterocycles. The third-order valence-electron chi connectivity index (χ3n) is 1.76. The molecule has 0 amide bonds. The first-order valence-electron chi connectivity index (χ1n) is 3.93. The maximum atomic E-state index is 5.86. The number of likely N-dealkylation sites (N-methyl/N-ethyl adjacent to an activating group) is 1. The second-order valence-corrected chi connectivity index (χ2v) is 3.59. The quantitative estimate of drug-likeness (QED) is 0.817. The van der Waals surface area contributed by atoms with Gasteiger partial charge in [-0.15, -0.1) is 0 Å². The van der Waals surface area contributed by atoms with E-state index in [-0.39, 0.29) is 0 Å². The number of nitrogens with one attached hydrogen (secondary N) is 1. The molecule has 0 aliphatic carbocycles. The summed E-state index contributed by atoms with van der Waals surface area (Å²) >= 11 is 11.6. The molecule has 1 rings (SSSR count). The Balaban J connectivity index is 2.79. The second kappa shape index (κ2) is 4.54.